The molecule has 26 nitrogen and oxygen atoms in total. The van der Waals surface area contributed by atoms with E-state index in [2.05, 4.69) is 10.6 Å². The topological polar surface area (TPSA) is 357 Å². The van der Waals surface area contributed by atoms with Gasteiger partial charge in [-0.2, -0.15) is 0 Å². The minimum Gasteiger partial charge on any atom is -0.481 e. The standard InChI is InChI=1S/C29H47N3O12.C12H22O7.C7H16O4/c1-3-23(20-33)44-29(40-2)21-43-28(39)8-4-7-24(35)30-13-14-31-25(36)12-17-42-19-18-41-16-5-6-22(34)11-15-32-26(37)9-10-27(32)38;1-3-9(7-13)19-12(17-2)8-18-11(16)6-4-5-10(14)15;1-3-6(4-8)11-7(5-9)10-2/h9-10,23,29,33H,3-8,11-21H2,1-2H3,(H,30,35)(H,31,36);9,12-13H,3-8H2,1-2H3,(H,14,15);6-9H,3-5H2,1-2H3. The van der Waals surface area contributed by atoms with Crippen LogP contribution in [0.2, 0.25) is 0 Å². The number of rotatable bonds is 44. The first-order valence-electron chi connectivity index (χ1n) is 24.8. The Morgan fingerprint density at radius 3 is 1.38 bits per heavy atom. The van der Waals surface area contributed by atoms with E-state index in [9.17, 15) is 43.5 Å². The van der Waals surface area contributed by atoms with Crippen molar-refractivity contribution in [2.45, 2.75) is 141 Å². The summed E-state index contributed by atoms with van der Waals surface area (Å²) in [4.78, 5) is 93.1. The van der Waals surface area contributed by atoms with Gasteiger partial charge in [-0.25, -0.2) is 0 Å². The predicted molar refractivity (Wildman–Crippen MR) is 260 cm³/mol. The molecule has 7 N–H and O–H groups in total. The highest BCUT2D eigenvalue weighted by atomic mass is 16.7. The van der Waals surface area contributed by atoms with Gasteiger partial charge in [-0.3, -0.25) is 43.3 Å². The maximum atomic E-state index is 11.9. The van der Waals surface area contributed by atoms with E-state index >= 15 is 0 Å². The van der Waals surface area contributed by atoms with Crippen LogP contribution in [-0.4, -0.2) is 222 Å². The summed E-state index contributed by atoms with van der Waals surface area (Å²) in [6, 6.07) is 0. The van der Waals surface area contributed by atoms with Crippen molar-refractivity contribution >= 4 is 47.3 Å². The fraction of sp³-hybridized carbons (Fsp3) is 0.792. The van der Waals surface area contributed by atoms with Crippen molar-refractivity contribution in [1.82, 2.24) is 15.5 Å². The number of hydrogen-bond acceptors (Lipinski definition) is 22. The summed E-state index contributed by atoms with van der Waals surface area (Å²) >= 11 is 0. The Labute approximate surface area is 433 Å². The highest BCUT2D eigenvalue weighted by molar-refractivity contribution is 6.13. The highest BCUT2D eigenvalue weighted by Crippen LogP contribution is 2.09. The van der Waals surface area contributed by atoms with Gasteiger partial charge in [-0.05, 0) is 38.5 Å². The number of aliphatic carboxylic acids is 1. The van der Waals surface area contributed by atoms with Gasteiger partial charge in [-0.1, -0.05) is 20.8 Å². The highest BCUT2D eigenvalue weighted by Gasteiger charge is 2.24. The molecule has 0 radical (unpaired) electrons. The molecule has 6 unspecified atom stereocenters. The molecule has 0 aromatic heterocycles. The number of hydrogen-bond donors (Lipinski definition) is 7. The number of carboxylic acid groups (broad SMARTS) is 1. The van der Waals surface area contributed by atoms with Crippen LogP contribution in [0, 0.1) is 0 Å². The van der Waals surface area contributed by atoms with Crippen molar-refractivity contribution < 1.29 is 111 Å². The summed E-state index contributed by atoms with van der Waals surface area (Å²) in [6.07, 6.45) is 2.89. The number of nitrogens with zero attached hydrogens (tertiary/aromatic N) is 1. The number of aliphatic hydroxyl groups is 4. The first-order chi connectivity index (χ1) is 35.5. The molecule has 74 heavy (non-hydrogen) atoms. The first kappa shape index (κ1) is 71.5. The molecule has 0 spiro atoms. The molecule has 430 valence electrons. The molecule has 0 saturated carbocycles. The molecule has 0 aromatic carbocycles. The third-order valence-electron chi connectivity index (χ3n) is 10.1. The average molecular weight is 1070 g/mol. The van der Waals surface area contributed by atoms with Crippen molar-refractivity contribution in [3.05, 3.63) is 12.2 Å². The van der Waals surface area contributed by atoms with Gasteiger partial charge in [0.15, 0.2) is 18.9 Å². The lowest BCUT2D eigenvalue weighted by Gasteiger charge is -2.21. The summed E-state index contributed by atoms with van der Waals surface area (Å²) in [7, 11) is 4.27. The molecule has 26 heteroatoms. The molecule has 0 saturated heterocycles. The van der Waals surface area contributed by atoms with Crippen molar-refractivity contribution in [1.29, 1.82) is 0 Å². The third kappa shape index (κ3) is 39.8. The van der Waals surface area contributed by atoms with Gasteiger partial charge in [-0.15, -0.1) is 0 Å². The number of carboxylic acids is 1. The molecule has 1 heterocycles. The van der Waals surface area contributed by atoms with Crippen LogP contribution in [-0.2, 0) is 85.7 Å². The summed E-state index contributed by atoms with van der Waals surface area (Å²) in [5, 5.41) is 49.2. The summed E-state index contributed by atoms with van der Waals surface area (Å²) < 4.78 is 51.5. The number of ketones is 1. The molecule has 4 amide bonds. The van der Waals surface area contributed by atoms with Crippen LogP contribution >= 0.6 is 0 Å². The van der Waals surface area contributed by atoms with Crippen LogP contribution < -0.4 is 10.6 Å². The monoisotopic (exact) mass is 1070 g/mol. The van der Waals surface area contributed by atoms with Crippen LogP contribution in [0.3, 0.4) is 0 Å². The number of aliphatic hydroxyl groups excluding tert-OH is 4. The lowest BCUT2D eigenvalue weighted by molar-refractivity contribution is -0.194. The SMILES string of the molecule is CCC(CO)OC(CO)OC.CCC(CO)OC(COC(=O)CCCC(=O)NCCNC(=O)CCOCCOCCCC(=O)CCN1C(=O)C=CC1=O)OC.CCC(CO)OC(COC(=O)CCCC(=O)O)OC. The molecule has 0 aromatic rings. The Balaban J connectivity index is 0. The van der Waals surface area contributed by atoms with Crippen LogP contribution in [0.4, 0.5) is 0 Å². The van der Waals surface area contributed by atoms with E-state index < -0.39 is 54.7 Å². The van der Waals surface area contributed by atoms with Gasteiger partial charge < -0.3 is 83.5 Å². The van der Waals surface area contributed by atoms with Crippen molar-refractivity contribution in [2.24, 2.45) is 0 Å². The van der Waals surface area contributed by atoms with E-state index in [0.29, 0.717) is 58.3 Å². The zero-order chi connectivity index (χ0) is 55.9. The lowest BCUT2D eigenvalue weighted by Crippen LogP contribution is -2.35. The summed E-state index contributed by atoms with van der Waals surface area (Å²) in [5.41, 5.74) is 0. The Morgan fingerprint density at radius 1 is 0.527 bits per heavy atom. The molecule has 0 aliphatic carbocycles. The van der Waals surface area contributed by atoms with Crippen LogP contribution in [0.5, 0.6) is 0 Å². The fourth-order valence-electron chi connectivity index (χ4n) is 5.64. The van der Waals surface area contributed by atoms with E-state index in [1.165, 1.54) is 33.5 Å². The molecule has 0 fully saturated rings. The number of ether oxygens (including phenoxy) is 10. The zero-order valence-corrected chi connectivity index (χ0v) is 44.0. The second-order valence-electron chi connectivity index (χ2n) is 15.9. The summed E-state index contributed by atoms with van der Waals surface area (Å²) in [6.45, 7) is 6.62. The van der Waals surface area contributed by atoms with Gasteiger partial charge in [0.2, 0.25) is 11.8 Å². The Hall–Kier alpha value is -4.58. The zero-order valence-electron chi connectivity index (χ0n) is 44.0. The number of carbonyl (C=O) groups excluding carboxylic acids is 7. The number of carbonyl (C=O) groups is 8. The summed E-state index contributed by atoms with van der Waals surface area (Å²) in [5.74, 6) is -3.26. The van der Waals surface area contributed by atoms with Crippen molar-refractivity contribution in [3.63, 3.8) is 0 Å². The predicted octanol–water partition coefficient (Wildman–Crippen LogP) is 0.0632. The minimum atomic E-state index is -0.945. The number of methoxy groups -OCH3 is 3. The Morgan fingerprint density at radius 2 is 0.959 bits per heavy atom. The molecule has 0 bridgehead atoms. The van der Waals surface area contributed by atoms with Gasteiger partial charge >= 0.3 is 17.9 Å². The maximum absolute atomic E-state index is 11.9. The van der Waals surface area contributed by atoms with Gasteiger partial charge in [0.25, 0.3) is 11.8 Å². The normalized spacial score (nSPS) is 14.3. The Kier molecular flexibility index (Phi) is 46.5. The van der Waals surface area contributed by atoms with E-state index in [1.54, 1.807) is 0 Å². The molecular formula is C48H85N3O23. The smallest absolute Gasteiger partial charge is 0.305 e. The number of Topliss-reactive ketones (excluding diaryl/α,β-unsaturated/α-hetero) is 1. The first-order valence-corrected chi connectivity index (χ1v) is 24.8. The second kappa shape index (κ2) is 48.1. The van der Waals surface area contributed by atoms with Crippen molar-refractivity contribution in [2.75, 3.05) is 107 Å². The van der Waals surface area contributed by atoms with E-state index in [4.69, 9.17) is 67.8 Å². The van der Waals surface area contributed by atoms with Gasteiger partial charge in [0.1, 0.15) is 19.0 Å². The number of nitrogens with one attached hydrogen (secondary N) is 2. The van der Waals surface area contributed by atoms with E-state index in [-0.39, 0.29) is 141 Å². The maximum Gasteiger partial charge on any atom is 0.305 e. The molecule has 1 rings (SSSR count). The molecular weight excluding hydrogens is 987 g/mol. The number of amides is 4. The quantitative estimate of drug-likeness (QED) is 0.0184. The second-order valence-corrected chi connectivity index (χ2v) is 15.9. The lowest BCUT2D eigenvalue weighted by atomic mass is 10.1. The average Bonchev–Trinajstić information content (AvgIpc) is 3.72. The molecule has 1 aliphatic heterocycles. The molecule has 1 aliphatic rings. The van der Waals surface area contributed by atoms with Crippen LogP contribution in [0.25, 0.3) is 0 Å². The minimum absolute atomic E-state index is 0.0416. The number of esters is 2. The van der Waals surface area contributed by atoms with Gasteiger partial charge in [0.05, 0.1) is 64.6 Å². The van der Waals surface area contributed by atoms with Crippen LogP contribution in [0.1, 0.15) is 104 Å². The van der Waals surface area contributed by atoms with E-state index in [0.717, 1.165) is 4.90 Å². The largest absolute Gasteiger partial charge is 0.481 e. The van der Waals surface area contributed by atoms with Gasteiger partial charge in [0, 0.05) is 105 Å². The fourth-order valence-corrected chi connectivity index (χ4v) is 5.64. The van der Waals surface area contributed by atoms with Crippen LogP contribution in [0.15, 0.2) is 12.2 Å². The van der Waals surface area contributed by atoms with Crippen molar-refractivity contribution in [3.8, 4) is 0 Å². The number of imide groups is 1. The Bertz CT molecular complexity index is 1530. The van der Waals surface area contributed by atoms with E-state index in [1.807, 2.05) is 20.8 Å². The molecule has 6 atom stereocenters. The third-order valence-corrected chi connectivity index (χ3v) is 10.1.